The van der Waals surface area contributed by atoms with E-state index in [4.69, 9.17) is 0 Å². The van der Waals surface area contributed by atoms with E-state index in [1.165, 1.54) is 82.1 Å². The fraction of sp³-hybridized carbons (Fsp3) is 0.679. The van der Waals surface area contributed by atoms with Crippen LogP contribution in [0.5, 0.6) is 0 Å². The summed E-state index contributed by atoms with van der Waals surface area (Å²) in [5.74, 6) is -0.560. The van der Waals surface area contributed by atoms with Crippen molar-refractivity contribution < 1.29 is 19.9 Å². The van der Waals surface area contributed by atoms with Crippen LogP contribution in [0.15, 0.2) is 36.4 Å². The molecule has 6 nitrogen and oxygen atoms in total. The number of allylic oxidation sites excluding steroid dienone is 2. The highest BCUT2D eigenvalue weighted by Gasteiger charge is 2.23. The van der Waals surface area contributed by atoms with Gasteiger partial charge < -0.3 is 10.2 Å². The molecule has 0 aliphatic heterocycles. The third-order valence-electron chi connectivity index (χ3n) is 6.33. The number of ketones is 1. The summed E-state index contributed by atoms with van der Waals surface area (Å²) in [7, 11) is 0. The number of nitro groups is 1. The number of rotatable bonds is 21. The van der Waals surface area contributed by atoms with E-state index < -0.39 is 16.9 Å². The minimum Gasteiger partial charge on any atom is -0.396 e. The van der Waals surface area contributed by atoms with Crippen molar-refractivity contribution in [2.24, 2.45) is 5.92 Å². The summed E-state index contributed by atoms with van der Waals surface area (Å²) < 4.78 is 0. The van der Waals surface area contributed by atoms with E-state index in [-0.39, 0.29) is 24.5 Å². The summed E-state index contributed by atoms with van der Waals surface area (Å²) in [5.41, 5.74) is 0.412. The highest BCUT2D eigenvalue weighted by Crippen LogP contribution is 2.27. The molecule has 0 bridgehead atoms. The second-order valence-corrected chi connectivity index (χ2v) is 9.31. The molecule has 0 unspecified atom stereocenters. The highest BCUT2D eigenvalue weighted by molar-refractivity contribution is 5.78. The second kappa shape index (κ2) is 19.3. The Hall–Kier alpha value is -2.05. The molecule has 192 valence electrons. The first kappa shape index (κ1) is 30.0. The largest absolute Gasteiger partial charge is 0.396 e. The molecule has 2 N–H and O–H groups in total. The minimum atomic E-state index is -1.02. The lowest BCUT2D eigenvalue weighted by Crippen LogP contribution is -2.20. The Balaban J connectivity index is 2.10. The lowest BCUT2D eigenvalue weighted by Gasteiger charge is -2.20. The summed E-state index contributed by atoms with van der Waals surface area (Å²) in [6.07, 6.45) is 19.9. The van der Waals surface area contributed by atoms with Gasteiger partial charge in [0.15, 0.2) is 0 Å². The Morgan fingerprint density at radius 1 is 0.912 bits per heavy atom. The summed E-state index contributed by atoms with van der Waals surface area (Å²) >= 11 is 0. The summed E-state index contributed by atoms with van der Waals surface area (Å²) in [6, 6.07) is 5.58. The molecule has 0 aliphatic carbocycles. The molecule has 0 amide bonds. The Morgan fingerprint density at radius 2 is 1.44 bits per heavy atom. The molecule has 0 spiro atoms. The lowest BCUT2D eigenvalue weighted by atomic mass is 9.90. The molecule has 0 saturated carbocycles. The van der Waals surface area contributed by atoms with Crippen LogP contribution in [0.3, 0.4) is 0 Å². The lowest BCUT2D eigenvalue weighted by molar-refractivity contribution is -0.384. The molecule has 6 heteroatoms. The number of hydrogen-bond acceptors (Lipinski definition) is 5. The van der Waals surface area contributed by atoms with Crippen LogP contribution in [0, 0.1) is 16.0 Å². The van der Waals surface area contributed by atoms with E-state index in [0.717, 1.165) is 25.7 Å². The zero-order valence-electron chi connectivity index (χ0n) is 21.0. The van der Waals surface area contributed by atoms with Crippen LogP contribution in [0.4, 0.5) is 5.69 Å². The maximum absolute atomic E-state index is 12.3. The Morgan fingerprint density at radius 3 is 1.97 bits per heavy atom. The summed E-state index contributed by atoms with van der Waals surface area (Å²) in [6.45, 7) is 1.94. The molecule has 0 fully saturated rings. The average molecular weight is 476 g/mol. The van der Waals surface area contributed by atoms with Gasteiger partial charge in [-0.05, 0) is 49.8 Å². The van der Waals surface area contributed by atoms with Crippen LogP contribution >= 0.6 is 0 Å². The van der Waals surface area contributed by atoms with Gasteiger partial charge in [-0.25, -0.2) is 0 Å². The third kappa shape index (κ3) is 13.6. The van der Waals surface area contributed by atoms with Crippen LogP contribution in [-0.4, -0.2) is 27.5 Å². The minimum absolute atomic E-state index is 0.0395. The molecule has 1 aromatic carbocycles. The molecule has 1 rings (SSSR count). The number of nitrogens with zero attached hydrogens (tertiary/aromatic N) is 1. The number of aliphatic hydroxyl groups is 2. The molecule has 34 heavy (non-hydrogen) atoms. The number of hydrogen-bond donors (Lipinski definition) is 2. The van der Waals surface area contributed by atoms with Gasteiger partial charge in [-0.3, -0.25) is 14.9 Å². The number of non-ortho nitro benzene ring substituents is 1. The number of benzene rings is 1. The van der Waals surface area contributed by atoms with Crippen molar-refractivity contribution in [1.29, 1.82) is 0 Å². The van der Waals surface area contributed by atoms with Gasteiger partial charge in [-0.2, -0.15) is 0 Å². The Labute approximate surface area is 205 Å². The van der Waals surface area contributed by atoms with Crippen LogP contribution < -0.4 is 0 Å². The number of nitro benzene ring substituents is 1. The quantitative estimate of drug-likeness (QED) is 0.0845. The van der Waals surface area contributed by atoms with E-state index in [2.05, 4.69) is 19.1 Å². The van der Waals surface area contributed by atoms with E-state index >= 15 is 0 Å². The van der Waals surface area contributed by atoms with Crippen molar-refractivity contribution in [3.63, 3.8) is 0 Å². The van der Waals surface area contributed by atoms with E-state index in [1.54, 1.807) is 0 Å². The maximum Gasteiger partial charge on any atom is 0.269 e. The number of carbonyl (C=O) groups excluding carboxylic acids is 1. The number of Topliss-reactive ketones (excluding diaryl/α,β-unsaturated/α-hetero) is 1. The summed E-state index contributed by atoms with van der Waals surface area (Å²) in [4.78, 5) is 22.6. The van der Waals surface area contributed by atoms with Crippen LogP contribution in [0.2, 0.25) is 0 Å². The first-order valence-corrected chi connectivity index (χ1v) is 13.2. The van der Waals surface area contributed by atoms with Gasteiger partial charge in [0.25, 0.3) is 5.69 Å². The molecule has 0 heterocycles. The van der Waals surface area contributed by atoms with Gasteiger partial charge in [0.2, 0.25) is 0 Å². The molecule has 1 aromatic rings. The first-order chi connectivity index (χ1) is 16.5. The fourth-order valence-electron chi connectivity index (χ4n) is 4.13. The van der Waals surface area contributed by atoms with E-state index in [9.17, 15) is 25.1 Å². The van der Waals surface area contributed by atoms with Crippen LogP contribution in [0.25, 0.3) is 0 Å². The molecule has 0 aromatic heterocycles. The van der Waals surface area contributed by atoms with Crippen molar-refractivity contribution in [1.82, 2.24) is 0 Å². The Kier molecular flexibility index (Phi) is 17.0. The van der Waals surface area contributed by atoms with Gasteiger partial charge in [0.1, 0.15) is 5.78 Å². The highest BCUT2D eigenvalue weighted by atomic mass is 16.6. The van der Waals surface area contributed by atoms with Crippen molar-refractivity contribution in [3.8, 4) is 0 Å². The van der Waals surface area contributed by atoms with E-state index in [1.807, 2.05) is 0 Å². The second-order valence-electron chi connectivity index (χ2n) is 9.31. The number of unbranched alkanes of at least 4 members (excludes halogenated alkanes) is 11. The Bertz CT molecular complexity index is 701. The number of carbonyl (C=O) groups is 1. The van der Waals surface area contributed by atoms with Crippen LogP contribution in [0.1, 0.15) is 115 Å². The average Bonchev–Trinajstić information content (AvgIpc) is 2.84. The van der Waals surface area contributed by atoms with Gasteiger partial charge in [-0.1, -0.05) is 70.4 Å². The maximum atomic E-state index is 12.3. The molecular formula is C28H45NO5. The van der Waals surface area contributed by atoms with Crippen molar-refractivity contribution in [3.05, 3.63) is 52.1 Å². The summed E-state index contributed by atoms with van der Waals surface area (Å²) in [5, 5.41) is 30.9. The predicted octanol–water partition coefficient (Wildman–Crippen LogP) is 7.23. The van der Waals surface area contributed by atoms with Gasteiger partial charge in [0, 0.05) is 37.5 Å². The van der Waals surface area contributed by atoms with Gasteiger partial charge >= 0.3 is 0 Å². The van der Waals surface area contributed by atoms with Crippen molar-refractivity contribution >= 4 is 11.5 Å². The van der Waals surface area contributed by atoms with E-state index in [0.29, 0.717) is 12.0 Å². The smallest absolute Gasteiger partial charge is 0.269 e. The molecule has 0 radical (unpaired) electrons. The monoisotopic (exact) mass is 475 g/mol. The van der Waals surface area contributed by atoms with Gasteiger partial charge in [-0.15, -0.1) is 0 Å². The zero-order chi connectivity index (χ0) is 25.0. The van der Waals surface area contributed by atoms with Gasteiger partial charge in [0.05, 0.1) is 11.0 Å². The third-order valence-corrected chi connectivity index (χ3v) is 6.33. The first-order valence-electron chi connectivity index (χ1n) is 13.2. The topological polar surface area (TPSA) is 101 Å². The SMILES string of the molecule is CCCCCCCC/C=C\CCCCCCCC(=O)C[C@H](CO)[C@@H](O)c1ccc([N+](=O)[O-])cc1. The zero-order valence-corrected chi connectivity index (χ0v) is 21.0. The fourth-order valence-corrected chi connectivity index (χ4v) is 4.13. The molecule has 0 saturated heterocycles. The molecule has 2 atom stereocenters. The normalized spacial score (nSPS) is 13.3. The predicted molar refractivity (Wildman–Crippen MR) is 138 cm³/mol. The standard InChI is InChI=1S/C28H45NO5/c1-2-3-4-5-6-7-8-9-10-11-12-13-14-15-16-17-27(31)22-25(23-30)28(32)24-18-20-26(21-19-24)29(33)34/h9-10,18-21,25,28,30,32H,2-8,11-17,22-23H2,1H3/b10-9-/t25-,28+/m1/s1. The number of aliphatic hydroxyl groups excluding tert-OH is 2. The van der Waals surface area contributed by atoms with Crippen molar-refractivity contribution in [2.45, 2.75) is 109 Å². The van der Waals surface area contributed by atoms with Crippen LogP contribution in [-0.2, 0) is 4.79 Å². The molecule has 0 aliphatic rings. The van der Waals surface area contributed by atoms with Crippen molar-refractivity contribution in [2.75, 3.05) is 6.61 Å². The molecular weight excluding hydrogens is 430 g/mol.